The Labute approximate surface area is 126 Å². The first-order valence-electron chi connectivity index (χ1n) is 7.55. The van der Waals surface area contributed by atoms with Crippen molar-refractivity contribution in [1.29, 1.82) is 0 Å². The highest BCUT2D eigenvalue weighted by atomic mass is 16.5. The van der Waals surface area contributed by atoms with E-state index < -0.39 is 0 Å². The number of benzene rings is 1. The fourth-order valence-corrected chi connectivity index (χ4v) is 2.47. The molecule has 1 unspecified atom stereocenters. The number of hydrogen-bond donors (Lipinski definition) is 1. The molecule has 0 aliphatic heterocycles. The topological polar surface area (TPSA) is 53.1 Å². The van der Waals surface area contributed by atoms with Crippen LogP contribution in [0, 0.1) is 6.92 Å². The van der Waals surface area contributed by atoms with Crippen LogP contribution in [0.2, 0.25) is 0 Å². The fourth-order valence-electron chi connectivity index (χ4n) is 2.47. The van der Waals surface area contributed by atoms with Crippen LogP contribution in [0.1, 0.15) is 43.8 Å². The average molecular weight is 287 g/mol. The molecule has 0 aliphatic carbocycles. The number of aryl methyl sites for hydroxylation is 2. The molecule has 0 saturated heterocycles. The zero-order valence-electron chi connectivity index (χ0n) is 13.3. The second-order valence-corrected chi connectivity index (χ2v) is 5.64. The maximum Gasteiger partial charge on any atom is 0.120 e. The van der Waals surface area contributed by atoms with Crippen molar-refractivity contribution < 1.29 is 4.74 Å². The van der Waals surface area contributed by atoms with Gasteiger partial charge in [-0.2, -0.15) is 5.10 Å². The largest absolute Gasteiger partial charge is 0.491 e. The van der Waals surface area contributed by atoms with Crippen molar-refractivity contribution in [3.63, 3.8) is 0 Å². The lowest BCUT2D eigenvalue weighted by Crippen LogP contribution is -2.16. The molecule has 4 heteroatoms. The summed E-state index contributed by atoms with van der Waals surface area (Å²) in [4.78, 5) is 0. The zero-order chi connectivity index (χ0) is 15.4. The molecule has 4 nitrogen and oxygen atoms in total. The van der Waals surface area contributed by atoms with Crippen LogP contribution in [0.15, 0.2) is 30.3 Å². The highest BCUT2D eigenvalue weighted by molar-refractivity contribution is 5.31. The van der Waals surface area contributed by atoms with Crippen molar-refractivity contribution in [3.8, 4) is 5.75 Å². The van der Waals surface area contributed by atoms with Gasteiger partial charge < -0.3 is 10.5 Å². The molecule has 1 aromatic carbocycles. The van der Waals surface area contributed by atoms with Crippen molar-refractivity contribution in [2.45, 2.75) is 52.8 Å². The van der Waals surface area contributed by atoms with Crippen LogP contribution < -0.4 is 10.5 Å². The Bertz CT molecular complexity index is 589. The van der Waals surface area contributed by atoms with Crippen LogP contribution in [-0.4, -0.2) is 15.9 Å². The lowest BCUT2D eigenvalue weighted by atomic mass is 10.0. The Kier molecular flexibility index (Phi) is 5.02. The van der Waals surface area contributed by atoms with Crippen LogP contribution in [0.25, 0.3) is 0 Å². The Morgan fingerprint density at radius 3 is 2.71 bits per heavy atom. The molecular formula is C17H25N3O. The Balaban J connectivity index is 2.14. The summed E-state index contributed by atoms with van der Waals surface area (Å²) in [6.45, 7) is 9.02. The molecule has 0 bridgehead atoms. The molecule has 0 aliphatic rings. The summed E-state index contributed by atoms with van der Waals surface area (Å²) in [5, 5.41) is 4.47. The Hall–Kier alpha value is -1.81. The van der Waals surface area contributed by atoms with E-state index in [0.29, 0.717) is 0 Å². The van der Waals surface area contributed by atoms with E-state index in [2.05, 4.69) is 24.2 Å². The van der Waals surface area contributed by atoms with Crippen molar-refractivity contribution in [2.75, 3.05) is 0 Å². The minimum Gasteiger partial charge on any atom is -0.491 e. The van der Waals surface area contributed by atoms with Gasteiger partial charge in [-0.3, -0.25) is 4.68 Å². The third kappa shape index (κ3) is 4.08. The van der Waals surface area contributed by atoms with Gasteiger partial charge in [-0.15, -0.1) is 0 Å². The Morgan fingerprint density at radius 1 is 1.29 bits per heavy atom. The lowest BCUT2D eigenvalue weighted by molar-refractivity contribution is 0.242. The second kappa shape index (κ2) is 6.76. The maximum absolute atomic E-state index is 6.36. The van der Waals surface area contributed by atoms with E-state index in [4.69, 9.17) is 10.5 Å². The summed E-state index contributed by atoms with van der Waals surface area (Å²) in [7, 11) is 0. The summed E-state index contributed by atoms with van der Waals surface area (Å²) in [5.74, 6) is 0.873. The highest BCUT2D eigenvalue weighted by Gasteiger charge is 2.12. The quantitative estimate of drug-likeness (QED) is 0.887. The van der Waals surface area contributed by atoms with Crippen LogP contribution in [-0.2, 0) is 13.0 Å². The number of aromatic nitrogens is 2. The van der Waals surface area contributed by atoms with Crippen LogP contribution in [0.3, 0.4) is 0 Å². The minimum absolute atomic E-state index is 0.0536. The third-order valence-corrected chi connectivity index (χ3v) is 3.37. The van der Waals surface area contributed by atoms with Crippen molar-refractivity contribution in [3.05, 3.63) is 47.3 Å². The predicted octanol–water partition coefficient (Wildman–Crippen LogP) is 3.24. The molecule has 21 heavy (non-hydrogen) atoms. The minimum atomic E-state index is -0.0536. The smallest absolute Gasteiger partial charge is 0.120 e. The van der Waals surface area contributed by atoms with Gasteiger partial charge in [-0.05, 0) is 51.5 Å². The summed E-state index contributed by atoms with van der Waals surface area (Å²) in [6.07, 6.45) is 0.945. The molecule has 0 saturated carbocycles. The van der Waals surface area contributed by atoms with Crippen molar-refractivity contribution >= 4 is 0 Å². The molecule has 2 N–H and O–H groups in total. The molecule has 114 valence electrons. The molecule has 1 atom stereocenters. The number of nitrogens with two attached hydrogens (primary N) is 1. The number of rotatable bonds is 6. The molecule has 0 fully saturated rings. The van der Waals surface area contributed by atoms with Gasteiger partial charge in [0.15, 0.2) is 0 Å². The molecule has 2 aromatic rings. The molecule has 0 radical (unpaired) electrons. The van der Waals surface area contributed by atoms with Crippen molar-refractivity contribution in [1.82, 2.24) is 9.78 Å². The van der Waals surface area contributed by atoms with Gasteiger partial charge in [-0.25, -0.2) is 0 Å². The summed E-state index contributed by atoms with van der Waals surface area (Å²) in [5.41, 5.74) is 9.67. The average Bonchev–Trinajstić information content (AvgIpc) is 2.78. The third-order valence-electron chi connectivity index (χ3n) is 3.37. The van der Waals surface area contributed by atoms with Gasteiger partial charge in [0.1, 0.15) is 5.75 Å². The zero-order valence-corrected chi connectivity index (χ0v) is 13.3. The lowest BCUT2D eigenvalue weighted by Gasteiger charge is -2.15. The summed E-state index contributed by atoms with van der Waals surface area (Å²) >= 11 is 0. The first kappa shape index (κ1) is 15.6. The predicted molar refractivity (Wildman–Crippen MR) is 85.5 cm³/mol. The number of nitrogens with zero attached hydrogens (tertiary/aromatic N) is 2. The van der Waals surface area contributed by atoms with Gasteiger partial charge in [0.2, 0.25) is 0 Å². The number of ether oxygens (including phenoxy) is 1. The molecule has 1 aromatic heterocycles. The molecule has 2 rings (SSSR count). The second-order valence-electron chi connectivity index (χ2n) is 5.64. The summed E-state index contributed by atoms with van der Waals surface area (Å²) < 4.78 is 7.75. The monoisotopic (exact) mass is 287 g/mol. The first-order valence-corrected chi connectivity index (χ1v) is 7.55. The van der Waals surface area contributed by atoms with Gasteiger partial charge >= 0.3 is 0 Å². The van der Waals surface area contributed by atoms with E-state index in [9.17, 15) is 0 Å². The van der Waals surface area contributed by atoms with E-state index in [1.165, 1.54) is 5.69 Å². The van der Waals surface area contributed by atoms with Gasteiger partial charge in [0.05, 0.1) is 11.8 Å². The molecule has 0 amide bonds. The standard InChI is InChI=1S/C17H25N3O/c1-5-20-15(9-13(4)19-20)11-17(18)14-7-6-8-16(10-14)21-12(2)3/h6-10,12,17H,5,11,18H2,1-4H3. The van der Waals surface area contributed by atoms with E-state index in [0.717, 1.165) is 30.0 Å². The van der Waals surface area contributed by atoms with Crippen LogP contribution >= 0.6 is 0 Å². The molecular weight excluding hydrogens is 262 g/mol. The highest BCUT2D eigenvalue weighted by Crippen LogP contribution is 2.22. The van der Waals surface area contributed by atoms with Gasteiger partial charge in [0, 0.05) is 24.7 Å². The normalized spacial score (nSPS) is 12.7. The molecule has 1 heterocycles. The van der Waals surface area contributed by atoms with Crippen LogP contribution in [0.5, 0.6) is 5.75 Å². The van der Waals surface area contributed by atoms with Gasteiger partial charge in [0.25, 0.3) is 0 Å². The van der Waals surface area contributed by atoms with E-state index in [1.54, 1.807) is 0 Å². The molecule has 0 spiro atoms. The van der Waals surface area contributed by atoms with Crippen LogP contribution in [0.4, 0.5) is 0 Å². The van der Waals surface area contributed by atoms with E-state index in [-0.39, 0.29) is 12.1 Å². The Morgan fingerprint density at radius 2 is 2.05 bits per heavy atom. The SMILES string of the molecule is CCn1nc(C)cc1CC(N)c1cccc(OC(C)C)c1. The fraction of sp³-hybridized carbons (Fsp3) is 0.471. The number of hydrogen-bond acceptors (Lipinski definition) is 3. The van der Waals surface area contributed by atoms with E-state index >= 15 is 0 Å². The van der Waals surface area contributed by atoms with E-state index in [1.807, 2.05) is 43.7 Å². The maximum atomic E-state index is 6.36. The summed E-state index contributed by atoms with van der Waals surface area (Å²) in [6, 6.07) is 10.1. The first-order chi connectivity index (χ1) is 9.99. The van der Waals surface area contributed by atoms with Gasteiger partial charge in [-0.1, -0.05) is 12.1 Å². The van der Waals surface area contributed by atoms with Crippen molar-refractivity contribution in [2.24, 2.45) is 5.73 Å².